The van der Waals surface area contributed by atoms with Gasteiger partial charge in [-0.25, -0.2) is 17.1 Å². The smallest absolute Gasteiger partial charge is 0.257 e. The third kappa shape index (κ3) is 5.01. The van der Waals surface area contributed by atoms with Gasteiger partial charge in [0.1, 0.15) is 0 Å². The molecule has 0 radical (unpaired) electrons. The van der Waals surface area contributed by atoms with Crippen molar-refractivity contribution in [3.8, 4) is 0 Å². The molecule has 1 N–H and O–H groups in total. The molecule has 0 aromatic heterocycles. The van der Waals surface area contributed by atoms with Crippen LogP contribution in [0.5, 0.6) is 0 Å². The number of nitrogens with zero attached hydrogens (tertiary/aromatic N) is 1. The van der Waals surface area contributed by atoms with E-state index in [4.69, 9.17) is 0 Å². The quantitative estimate of drug-likeness (QED) is 0.832. The summed E-state index contributed by atoms with van der Waals surface area (Å²) in [7, 11) is -3.22. The number of alkyl halides is 1. The highest BCUT2D eigenvalue weighted by Gasteiger charge is 2.32. The van der Waals surface area contributed by atoms with Gasteiger partial charge < -0.3 is 5.32 Å². The zero-order chi connectivity index (χ0) is 15.6. The molecule has 1 aliphatic heterocycles. The Morgan fingerprint density at radius 2 is 1.85 bits per heavy atom. The summed E-state index contributed by atoms with van der Waals surface area (Å²) in [4.78, 5) is 11.5. The van der Waals surface area contributed by atoms with Gasteiger partial charge in [-0.15, -0.1) is 0 Å². The van der Waals surface area contributed by atoms with Gasteiger partial charge in [0.2, 0.25) is 10.0 Å². The molecule has 0 atom stereocenters. The maximum atomic E-state index is 13.4. The monoisotopic (exact) mass is 308 g/mol. The molecule has 7 heteroatoms. The number of amides is 1. The number of carbonyl (C=O) groups is 1. The average molecular weight is 308 g/mol. The molecule has 1 saturated heterocycles. The van der Waals surface area contributed by atoms with Gasteiger partial charge in [0, 0.05) is 19.1 Å². The second-order valence-corrected chi connectivity index (χ2v) is 8.31. The minimum absolute atomic E-state index is 0.0877. The SMILES string of the molecule is CC(C)CS(=O)(=O)N1CCC(NC(=O)C(C)(C)F)CC1. The molecule has 0 bridgehead atoms. The van der Waals surface area contributed by atoms with Crippen LogP contribution in [0, 0.1) is 5.92 Å². The van der Waals surface area contributed by atoms with Crippen LogP contribution in [0.25, 0.3) is 0 Å². The lowest BCUT2D eigenvalue weighted by molar-refractivity contribution is -0.131. The summed E-state index contributed by atoms with van der Waals surface area (Å²) in [5.41, 5.74) is -1.90. The van der Waals surface area contributed by atoms with Crippen molar-refractivity contribution in [1.29, 1.82) is 0 Å². The minimum atomic E-state index is -3.22. The van der Waals surface area contributed by atoms with Crippen LogP contribution in [0.1, 0.15) is 40.5 Å². The molecule has 0 aromatic rings. The van der Waals surface area contributed by atoms with E-state index in [2.05, 4.69) is 5.32 Å². The van der Waals surface area contributed by atoms with E-state index in [0.717, 1.165) is 0 Å². The van der Waals surface area contributed by atoms with Crippen LogP contribution < -0.4 is 5.32 Å². The molecule has 1 heterocycles. The summed E-state index contributed by atoms with van der Waals surface area (Å²) in [6.45, 7) is 6.93. The fraction of sp³-hybridized carbons (Fsp3) is 0.923. The van der Waals surface area contributed by atoms with Crippen molar-refractivity contribution in [2.75, 3.05) is 18.8 Å². The Labute approximate surface area is 121 Å². The summed E-state index contributed by atoms with van der Waals surface area (Å²) < 4.78 is 39.0. The van der Waals surface area contributed by atoms with Gasteiger partial charge in [0.05, 0.1) is 5.75 Å². The molecule has 1 amide bonds. The van der Waals surface area contributed by atoms with Gasteiger partial charge in [-0.2, -0.15) is 0 Å². The van der Waals surface area contributed by atoms with Crippen LogP contribution in [0.4, 0.5) is 4.39 Å². The van der Waals surface area contributed by atoms with E-state index in [1.807, 2.05) is 13.8 Å². The third-order valence-corrected chi connectivity index (χ3v) is 5.51. The topological polar surface area (TPSA) is 66.5 Å². The standard InChI is InChI=1S/C13H25FN2O3S/c1-10(2)9-20(18,19)16-7-5-11(6-8-16)15-12(17)13(3,4)14/h10-11H,5-9H2,1-4H3,(H,15,17). The summed E-state index contributed by atoms with van der Waals surface area (Å²) in [5.74, 6) is -0.410. The number of nitrogens with one attached hydrogen (secondary N) is 1. The van der Waals surface area contributed by atoms with Crippen molar-refractivity contribution >= 4 is 15.9 Å². The van der Waals surface area contributed by atoms with Crippen LogP contribution >= 0.6 is 0 Å². The van der Waals surface area contributed by atoms with Gasteiger partial charge in [0.25, 0.3) is 5.91 Å². The van der Waals surface area contributed by atoms with E-state index >= 15 is 0 Å². The lowest BCUT2D eigenvalue weighted by Crippen LogP contribution is -2.50. The number of rotatable bonds is 5. The molecule has 1 fully saturated rings. The van der Waals surface area contributed by atoms with Crippen LogP contribution in [0.3, 0.4) is 0 Å². The summed E-state index contributed by atoms with van der Waals surface area (Å²) in [6, 6.07) is -0.150. The molecule has 0 spiro atoms. The Balaban J connectivity index is 2.50. The summed E-state index contributed by atoms with van der Waals surface area (Å²) in [5, 5.41) is 2.64. The minimum Gasteiger partial charge on any atom is -0.351 e. The highest BCUT2D eigenvalue weighted by Crippen LogP contribution is 2.17. The fourth-order valence-corrected chi connectivity index (χ4v) is 3.98. The van der Waals surface area contributed by atoms with Gasteiger partial charge in [-0.05, 0) is 32.6 Å². The van der Waals surface area contributed by atoms with Crippen LogP contribution in [0.2, 0.25) is 0 Å². The first kappa shape index (κ1) is 17.4. The van der Waals surface area contributed by atoms with Crippen LogP contribution in [-0.4, -0.2) is 49.2 Å². The Morgan fingerprint density at radius 1 is 1.35 bits per heavy atom. The average Bonchev–Trinajstić information content (AvgIpc) is 2.26. The molecular formula is C13H25FN2O3S. The van der Waals surface area contributed by atoms with Crippen molar-refractivity contribution in [2.45, 2.75) is 52.2 Å². The zero-order valence-corrected chi connectivity index (χ0v) is 13.5. The number of piperidine rings is 1. The first-order valence-corrected chi connectivity index (χ1v) is 8.61. The lowest BCUT2D eigenvalue weighted by atomic mass is 10.0. The van der Waals surface area contributed by atoms with E-state index in [9.17, 15) is 17.6 Å². The number of sulfonamides is 1. The molecule has 0 aromatic carbocycles. The first-order chi connectivity index (χ1) is 9.02. The second kappa shape index (κ2) is 6.39. The normalized spacial score (nSPS) is 19.3. The molecule has 118 valence electrons. The predicted octanol–water partition coefficient (Wildman–Crippen LogP) is 1.30. The van der Waals surface area contributed by atoms with Gasteiger partial charge >= 0.3 is 0 Å². The Bertz CT molecular complexity index is 435. The summed E-state index contributed by atoms with van der Waals surface area (Å²) >= 11 is 0. The largest absolute Gasteiger partial charge is 0.351 e. The Morgan fingerprint density at radius 3 is 2.25 bits per heavy atom. The highest BCUT2D eigenvalue weighted by atomic mass is 32.2. The highest BCUT2D eigenvalue weighted by molar-refractivity contribution is 7.89. The lowest BCUT2D eigenvalue weighted by Gasteiger charge is -2.32. The van der Waals surface area contributed by atoms with Crippen molar-refractivity contribution in [2.24, 2.45) is 5.92 Å². The molecule has 0 unspecified atom stereocenters. The predicted molar refractivity (Wildman–Crippen MR) is 76.5 cm³/mol. The van der Waals surface area contributed by atoms with Crippen molar-refractivity contribution in [1.82, 2.24) is 9.62 Å². The van der Waals surface area contributed by atoms with Gasteiger partial charge in [-0.3, -0.25) is 4.79 Å². The van der Waals surface area contributed by atoms with E-state index in [1.54, 1.807) is 0 Å². The number of carbonyl (C=O) groups excluding carboxylic acids is 1. The van der Waals surface area contributed by atoms with Crippen molar-refractivity contribution in [3.05, 3.63) is 0 Å². The van der Waals surface area contributed by atoms with Crippen LogP contribution in [0.15, 0.2) is 0 Å². The van der Waals surface area contributed by atoms with E-state index in [1.165, 1.54) is 18.2 Å². The number of hydrogen-bond acceptors (Lipinski definition) is 3. The molecule has 5 nitrogen and oxygen atoms in total. The molecule has 0 saturated carbocycles. The molecule has 0 aliphatic carbocycles. The summed E-state index contributed by atoms with van der Waals surface area (Å²) in [6.07, 6.45) is 1.05. The zero-order valence-electron chi connectivity index (χ0n) is 12.6. The Kier molecular flexibility index (Phi) is 5.54. The van der Waals surface area contributed by atoms with E-state index in [0.29, 0.717) is 25.9 Å². The Hall–Kier alpha value is -0.690. The van der Waals surface area contributed by atoms with Crippen LogP contribution in [-0.2, 0) is 14.8 Å². The molecule has 1 aliphatic rings. The second-order valence-electron chi connectivity index (χ2n) is 6.29. The van der Waals surface area contributed by atoms with Gasteiger partial charge in [0.15, 0.2) is 5.67 Å². The number of hydrogen-bond donors (Lipinski definition) is 1. The molecular weight excluding hydrogens is 283 g/mol. The first-order valence-electron chi connectivity index (χ1n) is 7.00. The molecule has 1 rings (SSSR count). The molecule has 20 heavy (non-hydrogen) atoms. The fourth-order valence-electron chi connectivity index (χ4n) is 2.16. The maximum absolute atomic E-state index is 13.4. The van der Waals surface area contributed by atoms with Crippen molar-refractivity contribution < 1.29 is 17.6 Å². The third-order valence-electron chi connectivity index (χ3n) is 3.27. The van der Waals surface area contributed by atoms with E-state index < -0.39 is 21.6 Å². The number of halogens is 1. The van der Waals surface area contributed by atoms with E-state index in [-0.39, 0.29) is 17.7 Å². The maximum Gasteiger partial charge on any atom is 0.257 e. The van der Waals surface area contributed by atoms with Crippen molar-refractivity contribution in [3.63, 3.8) is 0 Å². The van der Waals surface area contributed by atoms with Gasteiger partial charge in [-0.1, -0.05) is 13.8 Å².